The van der Waals surface area contributed by atoms with Crippen LogP contribution in [0.1, 0.15) is 87.2 Å². The topological polar surface area (TPSA) is 94.5 Å². The van der Waals surface area contributed by atoms with Crippen molar-refractivity contribution in [2.24, 2.45) is 0 Å². The van der Waals surface area contributed by atoms with Gasteiger partial charge in [0.1, 0.15) is 11.6 Å². The number of anilines is 1. The van der Waals surface area contributed by atoms with Crippen LogP contribution >= 0.6 is 0 Å². The Bertz CT molecular complexity index is 1400. The summed E-state index contributed by atoms with van der Waals surface area (Å²) < 4.78 is 61.2. The predicted octanol–water partition coefficient (Wildman–Crippen LogP) is 7.18. The Morgan fingerprint density at radius 1 is 1.03 bits per heavy atom. The maximum absolute atomic E-state index is 14.7. The largest absolute Gasteiger partial charge is 0.755 e. The minimum absolute atomic E-state index is 0.104. The number of hydrogen-bond donors (Lipinski definition) is 2. The third-order valence-corrected chi connectivity index (χ3v) is 8.12. The van der Waals surface area contributed by atoms with E-state index < -0.39 is 28.5 Å². The van der Waals surface area contributed by atoms with E-state index in [1.165, 1.54) is 6.07 Å². The van der Waals surface area contributed by atoms with E-state index in [1.54, 1.807) is 32.0 Å². The first-order chi connectivity index (χ1) is 18.6. The number of aliphatic hydroxyl groups is 1. The first-order valence-corrected chi connectivity index (χ1v) is 14.6. The number of fused-ring (bicyclic) bond motifs is 1. The Labute approximate surface area is 230 Å². The number of aryl methyl sites for hydroxylation is 1. The average molecular weight is 556 g/mol. The number of hydrogen-bond acceptors (Lipinski definition) is 5. The van der Waals surface area contributed by atoms with Crippen molar-refractivity contribution in [2.45, 2.75) is 83.2 Å². The maximum Gasteiger partial charge on any atom is 0.168 e. The van der Waals surface area contributed by atoms with E-state index in [0.717, 1.165) is 80.5 Å². The van der Waals surface area contributed by atoms with Crippen molar-refractivity contribution in [1.29, 1.82) is 0 Å². The Morgan fingerprint density at radius 2 is 1.74 bits per heavy atom. The number of ether oxygens (including phenoxy) is 1. The molecule has 3 aromatic rings. The second-order valence-electron chi connectivity index (χ2n) is 11.0. The normalized spacial score (nSPS) is 17.0. The number of aromatic nitrogens is 1. The van der Waals surface area contributed by atoms with Gasteiger partial charge in [-0.3, -0.25) is 9.19 Å². The molecule has 0 bridgehead atoms. The third kappa shape index (κ3) is 6.00. The second kappa shape index (κ2) is 11.3. The van der Waals surface area contributed by atoms with E-state index >= 15 is 0 Å². The summed E-state index contributed by atoms with van der Waals surface area (Å²) in [6.45, 7) is 3.32. The number of benzene rings is 2. The van der Waals surface area contributed by atoms with Crippen LogP contribution in [-0.4, -0.2) is 18.9 Å². The molecule has 2 aromatic carbocycles. The van der Waals surface area contributed by atoms with Crippen LogP contribution in [0.5, 0.6) is 11.5 Å². The molecule has 1 fully saturated rings. The van der Waals surface area contributed by atoms with Gasteiger partial charge in [-0.05, 0) is 87.8 Å². The van der Waals surface area contributed by atoms with Crippen LogP contribution in [0, 0.1) is 11.6 Å². The lowest BCUT2D eigenvalue weighted by atomic mass is 9.81. The van der Waals surface area contributed by atoms with Crippen LogP contribution in [0.4, 0.5) is 14.5 Å². The van der Waals surface area contributed by atoms with Crippen LogP contribution < -0.4 is 9.46 Å². The van der Waals surface area contributed by atoms with Gasteiger partial charge in [-0.2, -0.15) is 0 Å². The lowest BCUT2D eigenvalue weighted by Crippen LogP contribution is -2.19. The molecule has 1 aromatic heterocycles. The quantitative estimate of drug-likeness (QED) is 0.301. The molecule has 1 saturated carbocycles. The molecule has 0 aliphatic heterocycles. The molecule has 0 spiro atoms. The van der Waals surface area contributed by atoms with Crippen LogP contribution in [-0.2, 0) is 29.7 Å². The fourth-order valence-electron chi connectivity index (χ4n) is 5.79. The average Bonchev–Trinajstić information content (AvgIpc) is 2.90. The number of nitrogens with zero attached hydrogens (tertiary/aromatic N) is 1. The summed E-state index contributed by atoms with van der Waals surface area (Å²) in [7, 11) is 0. The highest BCUT2D eigenvalue weighted by molar-refractivity contribution is 7.80. The summed E-state index contributed by atoms with van der Waals surface area (Å²) in [5.74, 6) is -1.37. The summed E-state index contributed by atoms with van der Waals surface area (Å²) in [5.41, 5.74) is 3.53. The number of nitrogens with one attached hydrogen (secondary N) is 1. The summed E-state index contributed by atoms with van der Waals surface area (Å²) >= 11 is -2.62. The van der Waals surface area contributed by atoms with E-state index in [2.05, 4.69) is 4.72 Å². The predicted molar refractivity (Wildman–Crippen MR) is 146 cm³/mol. The third-order valence-electron chi connectivity index (χ3n) is 7.75. The van der Waals surface area contributed by atoms with Crippen molar-refractivity contribution in [3.8, 4) is 22.6 Å². The van der Waals surface area contributed by atoms with Crippen molar-refractivity contribution in [1.82, 2.24) is 4.98 Å². The molecule has 9 heteroatoms. The van der Waals surface area contributed by atoms with Gasteiger partial charge in [0, 0.05) is 40.1 Å². The zero-order chi connectivity index (χ0) is 27.7. The highest BCUT2D eigenvalue weighted by atomic mass is 32.2. The zero-order valence-corrected chi connectivity index (χ0v) is 23.0. The summed E-state index contributed by atoms with van der Waals surface area (Å²) in [6, 6.07) is 8.19. The highest BCUT2D eigenvalue weighted by Gasteiger charge is 2.30. The SMILES string of the molecule is CC(C)(O)c1ccc(Oc2ccc(F)cc2F)c(-c2c3c(nc(C4CCCCC4)c2NS(=O)[O-])CCCC3)c1. The first kappa shape index (κ1) is 27.7. The standard InChI is InChI=1S/C30H34F2N2O4S/c1-30(2,35)19-12-14-25(38-26-15-13-20(31)17-23(26)32)22(16-19)27-21-10-6-7-11-24(21)33-28(29(27)34-39(36)37)18-8-4-3-5-9-18/h12-18,34-35H,3-11H2,1-2H3,(H,36,37)/p-1. The van der Waals surface area contributed by atoms with Gasteiger partial charge < -0.3 is 19.1 Å². The fraction of sp³-hybridized carbons (Fsp3) is 0.433. The van der Waals surface area contributed by atoms with Crippen LogP contribution in [0.2, 0.25) is 0 Å². The van der Waals surface area contributed by atoms with Crippen LogP contribution in [0.3, 0.4) is 0 Å². The van der Waals surface area contributed by atoms with Gasteiger partial charge >= 0.3 is 0 Å². The van der Waals surface area contributed by atoms with Crippen LogP contribution in [0.15, 0.2) is 36.4 Å². The minimum Gasteiger partial charge on any atom is -0.755 e. The molecule has 0 amide bonds. The first-order valence-electron chi connectivity index (χ1n) is 13.5. The van der Waals surface area contributed by atoms with E-state index in [0.29, 0.717) is 28.8 Å². The molecule has 5 rings (SSSR count). The van der Waals surface area contributed by atoms with Crippen molar-refractivity contribution < 1.29 is 27.4 Å². The van der Waals surface area contributed by atoms with Gasteiger partial charge in [-0.1, -0.05) is 25.3 Å². The van der Waals surface area contributed by atoms with E-state index in [9.17, 15) is 22.6 Å². The molecule has 208 valence electrons. The van der Waals surface area contributed by atoms with E-state index in [-0.39, 0.29) is 17.4 Å². The molecule has 39 heavy (non-hydrogen) atoms. The van der Waals surface area contributed by atoms with Crippen molar-refractivity contribution >= 4 is 17.0 Å². The molecule has 2 aliphatic carbocycles. The number of rotatable bonds is 7. The Balaban J connectivity index is 1.79. The summed E-state index contributed by atoms with van der Waals surface area (Å²) in [6.07, 6.45) is 8.43. The molecular formula is C30H33F2N2O4S-. The van der Waals surface area contributed by atoms with Crippen molar-refractivity contribution in [3.05, 3.63) is 70.5 Å². The molecule has 6 nitrogen and oxygen atoms in total. The zero-order valence-electron chi connectivity index (χ0n) is 22.2. The van der Waals surface area contributed by atoms with Gasteiger partial charge in [0.25, 0.3) is 0 Å². The highest BCUT2D eigenvalue weighted by Crippen LogP contribution is 2.48. The molecule has 0 saturated heterocycles. The molecule has 1 atom stereocenters. The Morgan fingerprint density at radius 3 is 2.44 bits per heavy atom. The van der Waals surface area contributed by atoms with E-state index in [4.69, 9.17) is 9.72 Å². The summed E-state index contributed by atoms with van der Waals surface area (Å²) in [4.78, 5) is 5.06. The molecule has 1 unspecified atom stereocenters. The molecule has 2 N–H and O–H groups in total. The molecule has 2 aliphatic rings. The van der Waals surface area contributed by atoms with Gasteiger partial charge in [0.15, 0.2) is 11.6 Å². The van der Waals surface area contributed by atoms with Gasteiger partial charge in [0.05, 0.1) is 17.0 Å². The van der Waals surface area contributed by atoms with Crippen LogP contribution in [0.25, 0.3) is 11.1 Å². The Kier molecular flexibility index (Phi) is 8.03. The molecule has 1 heterocycles. The summed E-state index contributed by atoms with van der Waals surface area (Å²) in [5, 5.41) is 10.9. The second-order valence-corrected chi connectivity index (χ2v) is 11.7. The van der Waals surface area contributed by atoms with Crippen molar-refractivity contribution in [3.63, 3.8) is 0 Å². The van der Waals surface area contributed by atoms with E-state index in [1.807, 2.05) is 0 Å². The minimum atomic E-state index is -2.62. The smallest absolute Gasteiger partial charge is 0.168 e. The number of pyridine rings is 1. The Hall–Kier alpha value is -2.88. The fourth-order valence-corrected chi connectivity index (χ4v) is 6.16. The molecule has 0 radical (unpaired) electrons. The lowest BCUT2D eigenvalue weighted by molar-refractivity contribution is 0.0786. The van der Waals surface area contributed by atoms with Crippen molar-refractivity contribution in [2.75, 3.05) is 4.72 Å². The lowest BCUT2D eigenvalue weighted by Gasteiger charge is -2.31. The number of halogens is 2. The monoisotopic (exact) mass is 555 g/mol. The maximum atomic E-state index is 14.7. The van der Waals surface area contributed by atoms with Gasteiger partial charge in [0.2, 0.25) is 0 Å². The van der Waals surface area contributed by atoms with Gasteiger partial charge in [-0.25, -0.2) is 8.78 Å². The molecular weight excluding hydrogens is 522 g/mol. The van der Waals surface area contributed by atoms with Gasteiger partial charge in [-0.15, -0.1) is 0 Å².